The molecule has 1 rings (SSSR count). The van der Waals surface area contributed by atoms with E-state index >= 15 is 0 Å². The van der Waals surface area contributed by atoms with E-state index in [1.807, 2.05) is 0 Å². The summed E-state index contributed by atoms with van der Waals surface area (Å²) in [4.78, 5) is 24.7. The lowest BCUT2D eigenvalue weighted by Gasteiger charge is -2.33. The van der Waals surface area contributed by atoms with Gasteiger partial charge in [-0.2, -0.15) is 0 Å². The fourth-order valence-corrected chi connectivity index (χ4v) is 2.00. The van der Waals surface area contributed by atoms with E-state index in [-0.39, 0.29) is 12.5 Å². The minimum atomic E-state index is -0.430. The molecule has 0 aromatic rings. The molecule has 3 N–H and O–H groups in total. The molecule has 1 unspecified atom stereocenters. The number of nitrogens with zero attached hydrogens (tertiary/aromatic N) is 1. The summed E-state index contributed by atoms with van der Waals surface area (Å²) in [5, 5.41) is 2.97. The fraction of sp³-hybridized carbons (Fsp3) is 0.818. The highest BCUT2D eigenvalue weighted by Crippen LogP contribution is 2.16. The maximum absolute atomic E-state index is 11.9. The van der Waals surface area contributed by atoms with Crippen molar-refractivity contribution in [3.63, 3.8) is 0 Å². The van der Waals surface area contributed by atoms with E-state index in [2.05, 4.69) is 5.32 Å². The molecule has 0 bridgehead atoms. The highest BCUT2D eigenvalue weighted by atomic mass is 16.5. The van der Waals surface area contributed by atoms with Gasteiger partial charge in [-0.1, -0.05) is 0 Å². The van der Waals surface area contributed by atoms with E-state index in [0.717, 1.165) is 12.8 Å². The molecule has 6 nitrogen and oxygen atoms in total. The fourth-order valence-electron chi connectivity index (χ4n) is 2.00. The summed E-state index contributed by atoms with van der Waals surface area (Å²) in [5.41, 5.74) is 5.30. The summed E-state index contributed by atoms with van der Waals surface area (Å²) >= 11 is 0. The van der Waals surface area contributed by atoms with Crippen LogP contribution in [0.15, 0.2) is 0 Å². The molecule has 0 aliphatic carbocycles. The highest BCUT2D eigenvalue weighted by Gasteiger charge is 2.29. The second-order valence-corrected chi connectivity index (χ2v) is 4.17. The molecular formula is C11H21N3O3. The van der Waals surface area contributed by atoms with Crippen molar-refractivity contribution < 1.29 is 14.3 Å². The van der Waals surface area contributed by atoms with Crippen molar-refractivity contribution in [3.05, 3.63) is 0 Å². The second kappa shape index (κ2) is 7.24. The molecular weight excluding hydrogens is 222 g/mol. The average molecular weight is 243 g/mol. The predicted octanol–water partition coefficient (Wildman–Crippen LogP) is -0.911. The second-order valence-electron chi connectivity index (χ2n) is 4.17. The van der Waals surface area contributed by atoms with Crippen LogP contribution in [-0.2, 0) is 14.3 Å². The molecule has 1 aliphatic heterocycles. The van der Waals surface area contributed by atoms with Crippen LogP contribution in [0, 0.1) is 0 Å². The quantitative estimate of drug-likeness (QED) is 0.591. The van der Waals surface area contributed by atoms with Gasteiger partial charge in [0.2, 0.25) is 11.8 Å². The molecule has 17 heavy (non-hydrogen) atoms. The van der Waals surface area contributed by atoms with E-state index in [1.54, 1.807) is 12.0 Å². The number of nitrogens with two attached hydrogens (primary N) is 1. The number of nitrogens with one attached hydrogen (secondary N) is 1. The van der Waals surface area contributed by atoms with E-state index in [9.17, 15) is 9.59 Å². The van der Waals surface area contributed by atoms with Gasteiger partial charge in [0, 0.05) is 20.2 Å². The van der Waals surface area contributed by atoms with E-state index in [1.165, 1.54) is 0 Å². The number of hydrogen-bond acceptors (Lipinski definition) is 4. The summed E-state index contributed by atoms with van der Waals surface area (Å²) in [6.45, 7) is 2.04. The Morgan fingerprint density at radius 2 is 2.24 bits per heavy atom. The first-order valence-electron chi connectivity index (χ1n) is 5.95. The van der Waals surface area contributed by atoms with Gasteiger partial charge in [0.25, 0.3) is 0 Å². The molecule has 1 aliphatic rings. The largest absolute Gasteiger partial charge is 0.383 e. The number of carbonyl (C=O) groups is 2. The highest BCUT2D eigenvalue weighted by molar-refractivity contribution is 5.87. The van der Waals surface area contributed by atoms with Crippen molar-refractivity contribution in [3.8, 4) is 0 Å². The number of likely N-dealkylation sites (tertiary alicyclic amines) is 1. The lowest BCUT2D eigenvalue weighted by atomic mass is 10.0. The Morgan fingerprint density at radius 1 is 1.47 bits per heavy atom. The Balaban J connectivity index is 2.39. The molecule has 1 saturated heterocycles. The van der Waals surface area contributed by atoms with Gasteiger partial charge in [-0.05, 0) is 19.3 Å². The van der Waals surface area contributed by atoms with Crippen molar-refractivity contribution in [2.45, 2.75) is 25.3 Å². The molecule has 0 saturated carbocycles. The van der Waals surface area contributed by atoms with Gasteiger partial charge in [-0.25, -0.2) is 0 Å². The van der Waals surface area contributed by atoms with Crippen LogP contribution >= 0.6 is 0 Å². The van der Waals surface area contributed by atoms with Gasteiger partial charge in [0.15, 0.2) is 0 Å². The van der Waals surface area contributed by atoms with Crippen LogP contribution in [0.2, 0.25) is 0 Å². The van der Waals surface area contributed by atoms with Crippen LogP contribution in [0.25, 0.3) is 0 Å². The van der Waals surface area contributed by atoms with Gasteiger partial charge in [0.05, 0.1) is 13.2 Å². The van der Waals surface area contributed by atoms with Gasteiger partial charge >= 0.3 is 0 Å². The van der Waals surface area contributed by atoms with Crippen molar-refractivity contribution in [1.29, 1.82) is 0 Å². The zero-order chi connectivity index (χ0) is 12.7. The van der Waals surface area contributed by atoms with Crippen LogP contribution < -0.4 is 11.1 Å². The maximum Gasteiger partial charge on any atom is 0.240 e. The molecule has 6 heteroatoms. The molecule has 0 radical (unpaired) electrons. The van der Waals surface area contributed by atoms with Crippen LogP contribution in [0.5, 0.6) is 0 Å². The molecule has 2 amide bonds. The zero-order valence-electron chi connectivity index (χ0n) is 10.3. The summed E-state index contributed by atoms with van der Waals surface area (Å²) in [5.74, 6) is -0.473. The average Bonchev–Trinajstić information content (AvgIpc) is 2.34. The minimum Gasteiger partial charge on any atom is -0.383 e. The van der Waals surface area contributed by atoms with Crippen molar-refractivity contribution in [2.75, 3.05) is 33.4 Å². The molecule has 0 aromatic heterocycles. The number of rotatable bonds is 6. The number of methoxy groups -OCH3 is 1. The number of carbonyl (C=O) groups excluding carboxylic acids is 2. The van der Waals surface area contributed by atoms with E-state index < -0.39 is 11.9 Å². The third-order valence-electron chi connectivity index (χ3n) is 2.91. The molecule has 98 valence electrons. The molecule has 1 fully saturated rings. The standard InChI is InChI=1S/C11H21N3O3/c1-17-7-5-13-8-10(15)14-6-3-2-4-9(14)11(12)16/h9,13H,2-8H2,1H3,(H2,12,16). The number of amides is 2. The summed E-state index contributed by atoms with van der Waals surface area (Å²) in [7, 11) is 1.61. The maximum atomic E-state index is 11.9. The summed E-state index contributed by atoms with van der Waals surface area (Å²) in [6, 6.07) is -0.430. The number of hydrogen-bond donors (Lipinski definition) is 2. The monoisotopic (exact) mass is 243 g/mol. The summed E-state index contributed by atoms with van der Waals surface area (Å²) in [6.07, 6.45) is 2.57. The van der Waals surface area contributed by atoms with Gasteiger partial charge in [-0.3, -0.25) is 9.59 Å². The number of ether oxygens (including phenoxy) is 1. The SMILES string of the molecule is COCCNCC(=O)N1CCCCC1C(N)=O. The lowest BCUT2D eigenvalue weighted by Crippen LogP contribution is -2.52. The normalized spacial score (nSPS) is 20.3. The van der Waals surface area contributed by atoms with Crippen molar-refractivity contribution in [2.24, 2.45) is 5.73 Å². The van der Waals surface area contributed by atoms with E-state index in [0.29, 0.717) is 26.1 Å². The molecule has 1 heterocycles. The Bertz CT molecular complexity index is 271. The van der Waals surface area contributed by atoms with Crippen LogP contribution in [0.1, 0.15) is 19.3 Å². The van der Waals surface area contributed by atoms with E-state index in [4.69, 9.17) is 10.5 Å². The van der Waals surface area contributed by atoms with Gasteiger partial charge in [-0.15, -0.1) is 0 Å². The molecule has 0 spiro atoms. The smallest absolute Gasteiger partial charge is 0.240 e. The van der Waals surface area contributed by atoms with Crippen LogP contribution in [-0.4, -0.2) is 56.1 Å². The number of primary amides is 1. The first-order valence-corrected chi connectivity index (χ1v) is 5.95. The Labute approximate surface area is 101 Å². The van der Waals surface area contributed by atoms with Gasteiger partial charge in [0.1, 0.15) is 6.04 Å². The first kappa shape index (κ1) is 13.9. The van der Waals surface area contributed by atoms with Crippen molar-refractivity contribution in [1.82, 2.24) is 10.2 Å². The Kier molecular flexibility index (Phi) is 5.93. The summed E-state index contributed by atoms with van der Waals surface area (Å²) < 4.78 is 4.87. The first-order chi connectivity index (χ1) is 8.16. The van der Waals surface area contributed by atoms with Crippen LogP contribution in [0.4, 0.5) is 0 Å². The van der Waals surface area contributed by atoms with Crippen molar-refractivity contribution >= 4 is 11.8 Å². The molecule has 1 atom stereocenters. The minimum absolute atomic E-state index is 0.0652. The van der Waals surface area contributed by atoms with Crippen LogP contribution in [0.3, 0.4) is 0 Å². The zero-order valence-corrected chi connectivity index (χ0v) is 10.3. The Hall–Kier alpha value is -1.14. The topological polar surface area (TPSA) is 84.7 Å². The third kappa shape index (κ3) is 4.32. The van der Waals surface area contributed by atoms with Gasteiger partial charge < -0.3 is 20.7 Å². The predicted molar refractivity (Wildman–Crippen MR) is 63.3 cm³/mol. The molecule has 0 aromatic carbocycles. The third-order valence-corrected chi connectivity index (χ3v) is 2.91. The Morgan fingerprint density at radius 3 is 2.88 bits per heavy atom. The number of piperidine rings is 1. The lowest BCUT2D eigenvalue weighted by molar-refractivity contribution is -0.140.